The van der Waals surface area contributed by atoms with Gasteiger partial charge in [-0.1, -0.05) is 13.0 Å². The van der Waals surface area contributed by atoms with Crippen molar-refractivity contribution in [1.82, 2.24) is 9.88 Å². The van der Waals surface area contributed by atoms with Crippen molar-refractivity contribution < 1.29 is 4.42 Å². The fraction of sp³-hybridized carbons (Fsp3) is 0.533. The molecule has 0 bridgehead atoms. The molecule has 2 N–H and O–H groups in total. The highest BCUT2D eigenvalue weighted by Gasteiger charge is 2.06. The Kier molecular flexibility index (Phi) is 4.93. The van der Waals surface area contributed by atoms with Gasteiger partial charge in [0, 0.05) is 13.1 Å². The third kappa shape index (κ3) is 4.04. The van der Waals surface area contributed by atoms with E-state index in [0.717, 1.165) is 43.6 Å². The molecule has 0 fully saturated rings. The summed E-state index contributed by atoms with van der Waals surface area (Å²) in [6, 6.07) is 6.23. The number of hydrogen-bond donors (Lipinski definition) is 1. The lowest BCUT2D eigenvalue weighted by Crippen LogP contribution is -2.27. The van der Waals surface area contributed by atoms with Gasteiger partial charge in [-0.05, 0) is 50.0 Å². The van der Waals surface area contributed by atoms with E-state index in [1.165, 1.54) is 12.0 Å². The molecule has 0 aliphatic heterocycles. The standard InChI is InChI=1S/C15H23N3O/c1-12(5-7-16)10-18(2)8-6-13-3-4-14-15(9-13)19-11-17-14/h3-4,9,11-12H,5-8,10,16H2,1-2H3. The van der Waals surface area contributed by atoms with Crippen LogP contribution in [0.15, 0.2) is 29.0 Å². The van der Waals surface area contributed by atoms with Crippen molar-refractivity contribution in [3.63, 3.8) is 0 Å². The van der Waals surface area contributed by atoms with E-state index in [9.17, 15) is 0 Å². The van der Waals surface area contributed by atoms with Crippen molar-refractivity contribution in [3.05, 3.63) is 30.2 Å². The fourth-order valence-electron chi connectivity index (χ4n) is 2.37. The monoisotopic (exact) mass is 261 g/mol. The third-order valence-electron chi connectivity index (χ3n) is 3.46. The highest BCUT2D eigenvalue weighted by molar-refractivity contribution is 5.72. The van der Waals surface area contributed by atoms with Crippen LogP contribution in [0.5, 0.6) is 0 Å². The van der Waals surface area contributed by atoms with Crippen molar-refractivity contribution in [2.75, 3.05) is 26.7 Å². The van der Waals surface area contributed by atoms with Crippen molar-refractivity contribution in [2.45, 2.75) is 19.8 Å². The molecule has 19 heavy (non-hydrogen) atoms. The van der Waals surface area contributed by atoms with Crippen LogP contribution in [0.4, 0.5) is 0 Å². The Labute approximate surface area is 114 Å². The molecule has 0 aliphatic carbocycles. The number of oxazole rings is 1. The van der Waals surface area contributed by atoms with Gasteiger partial charge in [0.05, 0.1) is 0 Å². The molecule has 1 aromatic carbocycles. The van der Waals surface area contributed by atoms with Crippen LogP contribution in [0, 0.1) is 5.92 Å². The first-order chi connectivity index (χ1) is 9.19. The quantitative estimate of drug-likeness (QED) is 0.831. The minimum Gasteiger partial charge on any atom is -0.443 e. The summed E-state index contributed by atoms with van der Waals surface area (Å²) in [4.78, 5) is 6.49. The molecular formula is C15H23N3O. The van der Waals surface area contributed by atoms with Crippen LogP contribution in [0.3, 0.4) is 0 Å². The Balaban J connectivity index is 1.84. The molecule has 2 rings (SSSR count). The van der Waals surface area contributed by atoms with Gasteiger partial charge in [-0.3, -0.25) is 0 Å². The van der Waals surface area contributed by atoms with E-state index in [0.29, 0.717) is 5.92 Å². The maximum absolute atomic E-state index is 5.58. The van der Waals surface area contributed by atoms with Gasteiger partial charge in [-0.25, -0.2) is 4.98 Å². The van der Waals surface area contributed by atoms with Crippen LogP contribution >= 0.6 is 0 Å². The summed E-state index contributed by atoms with van der Waals surface area (Å²) in [5.41, 5.74) is 8.67. The number of nitrogens with two attached hydrogens (primary N) is 1. The van der Waals surface area contributed by atoms with Crippen molar-refractivity contribution in [3.8, 4) is 0 Å². The van der Waals surface area contributed by atoms with E-state index in [2.05, 4.69) is 36.0 Å². The lowest BCUT2D eigenvalue weighted by atomic mass is 10.1. The molecule has 104 valence electrons. The smallest absolute Gasteiger partial charge is 0.181 e. The Morgan fingerprint density at radius 3 is 3.05 bits per heavy atom. The summed E-state index contributed by atoms with van der Waals surface area (Å²) in [6.07, 6.45) is 3.62. The largest absolute Gasteiger partial charge is 0.443 e. The Morgan fingerprint density at radius 1 is 1.42 bits per heavy atom. The van der Waals surface area contributed by atoms with Gasteiger partial charge < -0.3 is 15.1 Å². The highest BCUT2D eigenvalue weighted by atomic mass is 16.3. The second kappa shape index (κ2) is 6.68. The Bertz CT molecular complexity index is 509. The van der Waals surface area contributed by atoms with Gasteiger partial charge in [0.25, 0.3) is 0 Å². The van der Waals surface area contributed by atoms with Gasteiger partial charge >= 0.3 is 0 Å². The van der Waals surface area contributed by atoms with Gasteiger partial charge in [0.1, 0.15) is 5.52 Å². The number of likely N-dealkylation sites (N-methyl/N-ethyl adjacent to an activating group) is 1. The van der Waals surface area contributed by atoms with Crippen LogP contribution in [0.2, 0.25) is 0 Å². The van der Waals surface area contributed by atoms with Gasteiger partial charge in [0.2, 0.25) is 0 Å². The fourth-order valence-corrected chi connectivity index (χ4v) is 2.37. The molecule has 0 spiro atoms. The first-order valence-corrected chi connectivity index (χ1v) is 6.89. The number of fused-ring (bicyclic) bond motifs is 1. The minimum absolute atomic E-state index is 0.659. The maximum Gasteiger partial charge on any atom is 0.181 e. The molecule has 0 aliphatic rings. The van der Waals surface area contributed by atoms with Crippen molar-refractivity contribution in [2.24, 2.45) is 11.7 Å². The SMILES string of the molecule is CC(CCN)CN(C)CCc1ccc2ncoc2c1. The molecule has 1 unspecified atom stereocenters. The zero-order chi connectivity index (χ0) is 13.7. The molecular weight excluding hydrogens is 238 g/mol. The molecule has 4 nitrogen and oxygen atoms in total. The molecule has 4 heteroatoms. The predicted molar refractivity (Wildman–Crippen MR) is 78.0 cm³/mol. The van der Waals surface area contributed by atoms with E-state index >= 15 is 0 Å². The van der Waals surface area contributed by atoms with E-state index in [-0.39, 0.29) is 0 Å². The maximum atomic E-state index is 5.58. The third-order valence-corrected chi connectivity index (χ3v) is 3.46. The molecule has 1 heterocycles. The molecule has 1 atom stereocenters. The number of nitrogens with zero attached hydrogens (tertiary/aromatic N) is 2. The summed E-state index contributed by atoms with van der Waals surface area (Å²) >= 11 is 0. The van der Waals surface area contributed by atoms with Gasteiger partial charge in [-0.2, -0.15) is 0 Å². The molecule has 0 radical (unpaired) electrons. The second-order valence-corrected chi connectivity index (χ2v) is 5.35. The molecule has 2 aromatic rings. The first kappa shape index (κ1) is 14.0. The topological polar surface area (TPSA) is 55.3 Å². The van der Waals surface area contributed by atoms with Crippen LogP contribution in [0.1, 0.15) is 18.9 Å². The van der Waals surface area contributed by atoms with Crippen LogP contribution < -0.4 is 5.73 Å². The molecule has 0 saturated carbocycles. The first-order valence-electron chi connectivity index (χ1n) is 6.89. The number of hydrogen-bond acceptors (Lipinski definition) is 4. The summed E-state index contributed by atoms with van der Waals surface area (Å²) in [6.45, 7) is 5.18. The Morgan fingerprint density at radius 2 is 2.26 bits per heavy atom. The normalized spacial score (nSPS) is 13.3. The lowest BCUT2D eigenvalue weighted by Gasteiger charge is -2.20. The van der Waals surface area contributed by atoms with Gasteiger partial charge in [0.15, 0.2) is 12.0 Å². The summed E-state index contributed by atoms with van der Waals surface area (Å²) in [5.74, 6) is 0.659. The Hall–Kier alpha value is -1.39. The van der Waals surface area contributed by atoms with Crippen molar-refractivity contribution >= 4 is 11.1 Å². The van der Waals surface area contributed by atoms with E-state index in [1.54, 1.807) is 0 Å². The van der Waals surface area contributed by atoms with Crippen LogP contribution in [-0.4, -0.2) is 36.6 Å². The average Bonchev–Trinajstić information content (AvgIpc) is 2.83. The van der Waals surface area contributed by atoms with Gasteiger partial charge in [-0.15, -0.1) is 0 Å². The summed E-state index contributed by atoms with van der Waals surface area (Å²) in [5, 5.41) is 0. The summed E-state index contributed by atoms with van der Waals surface area (Å²) in [7, 11) is 2.17. The lowest BCUT2D eigenvalue weighted by molar-refractivity contribution is 0.283. The highest BCUT2D eigenvalue weighted by Crippen LogP contribution is 2.15. The molecule has 0 amide bonds. The average molecular weight is 261 g/mol. The number of benzene rings is 1. The van der Waals surface area contributed by atoms with Crippen molar-refractivity contribution in [1.29, 1.82) is 0 Å². The zero-order valence-electron chi connectivity index (χ0n) is 11.8. The predicted octanol–water partition coefficient (Wildman–Crippen LogP) is 2.29. The summed E-state index contributed by atoms with van der Waals surface area (Å²) < 4.78 is 5.32. The molecule has 1 aromatic heterocycles. The molecule has 0 saturated heterocycles. The minimum atomic E-state index is 0.659. The van der Waals surface area contributed by atoms with Crippen LogP contribution in [-0.2, 0) is 6.42 Å². The van der Waals surface area contributed by atoms with E-state index in [4.69, 9.17) is 10.2 Å². The van der Waals surface area contributed by atoms with Crippen LogP contribution in [0.25, 0.3) is 11.1 Å². The van der Waals surface area contributed by atoms with E-state index in [1.807, 2.05) is 6.07 Å². The van der Waals surface area contributed by atoms with E-state index < -0.39 is 0 Å². The number of rotatable bonds is 7. The second-order valence-electron chi connectivity index (χ2n) is 5.35. The zero-order valence-corrected chi connectivity index (χ0v) is 11.8. The number of aromatic nitrogens is 1.